The fourth-order valence-electron chi connectivity index (χ4n) is 2.51. The first-order chi connectivity index (χ1) is 12.1. The van der Waals surface area contributed by atoms with Crippen LogP contribution in [-0.2, 0) is 16.0 Å². The summed E-state index contributed by atoms with van der Waals surface area (Å²) in [6.07, 6.45) is 0. The van der Waals surface area contributed by atoms with Gasteiger partial charge in [-0.1, -0.05) is 30.3 Å². The van der Waals surface area contributed by atoms with Gasteiger partial charge in [0.1, 0.15) is 11.5 Å². The summed E-state index contributed by atoms with van der Waals surface area (Å²) < 4.78 is 22.6. The van der Waals surface area contributed by atoms with Crippen molar-refractivity contribution in [1.29, 1.82) is 0 Å². The van der Waals surface area contributed by atoms with Crippen LogP contribution in [0.1, 0.15) is 5.56 Å². The quantitative estimate of drug-likeness (QED) is 0.581. The number of ether oxygens (including phenoxy) is 4. The third-order valence-electron chi connectivity index (χ3n) is 3.49. The first-order valence-corrected chi connectivity index (χ1v) is 8.66. The standard InChI is InChI=1S/C19H24BrNO4/c1-21(2)11-15-18(14-8-6-5-7-9-14)16(24-12-22-3)10-17(19(15)20)25-13-23-4/h5-10H,11-13H2,1-4H3. The van der Waals surface area contributed by atoms with Gasteiger partial charge in [0.2, 0.25) is 0 Å². The highest BCUT2D eigenvalue weighted by Crippen LogP contribution is 2.43. The van der Waals surface area contributed by atoms with Crippen molar-refractivity contribution in [3.63, 3.8) is 0 Å². The van der Waals surface area contributed by atoms with Crippen molar-refractivity contribution in [1.82, 2.24) is 4.90 Å². The highest BCUT2D eigenvalue weighted by atomic mass is 79.9. The molecular weight excluding hydrogens is 386 g/mol. The number of hydrogen-bond acceptors (Lipinski definition) is 5. The number of hydrogen-bond donors (Lipinski definition) is 0. The van der Waals surface area contributed by atoms with Crippen LogP contribution in [0.5, 0.6) is 11.5 Å². The minimum Gasteiger partial charge on any atom is -0.467 e. The Kier molecular flexibility index (Phi) is 7.71. The van der Waals surface area contributed by atoms with Crippen molar-refractivity contribution >= 4 is 15.9 Å². The molecule has 0 aliphatic rings. The van der Waals surface area contributed by atoms with Crippen LogP contribution in [0.2, 0.25) is 0 Å². The molecule has 0 heterocycles. The van der Waals surface area contributed by atoms with Gasteiger partial charge in [-0.3, -0.25) is 0 Å². The van der Waals surface area contributed by atoms with Gasteiger partial charge < -0.3 is 23.8 Å². The molecule has 0 aliphatic carbocycles. The number of benzene rings is 2. The van der Waals surface area contributed by atoms with Crippen LogP contribution in [0.4, 0.5) is 0 Å². The van der Waals surface area contributed by atoms with Gasteiger partial charge >= 0.3 is 0 Å². The lowest BCUT2D eigenvalue weighted by Gasteiger charge is -2.22. The molecule has 0 bridgehead atoms. The molecular formula is C19H24BrNO4. The molecule has 0 unspecified atom stereocenters. The second-order valence-corrected chi connectivity index (χ2v) is 6.54. The molecule has 0 saturated carbocycles. The summed E-state index contributed by atoms with van der Waals surface area (Å²) in [6, 6.07) is 12.0. The SMILES string of the molecule is COCOc1cc(OCOC)c(-c2ccccc2)c(CN(C)C)c1Br. The summed E-state index contributed by atoms with van der Waals surface area (Å²) in [5, 5.41) is 0. The van der Waals surface area contributed by atoms with E-state index >= 15 is 0 Å². The fraction of sp³-hybridized carbons (Fsp3) is 0.368. The van der Waals surface area contributed by atoms with Crippen LogP contribution in [0.25, 0.3) is 11.1 Å². The smallest absolute Gasteiger partial charge is 0.188 e. The van der Waals surface area contributed by atoms with Crippen LogP contribution in [0.15, 0.2) is 40.9 Å². The molecule has 0 amide bonds. The van der Waals surface area contributed by atoms with E-state index in [0.717, 1.165) is 27.7 Å². The average molecular weight is 410 g/mol. The zero-order chi connectivity index (χ0) is 18.2. The molecule has 25 heavy (non-hydrogen) atoms. The van der Waals surface area contributed by atoms with Crippen LogP contribution >= 0.6 is 15.9 Å². The lowest BCUT2D eigenvalue weighted by atomic mass is 9.97. The normalized spacial score (nSPS) is 11.0. The van der Waals surface area contributed by atoms with Gasteiger partial charge in [0, 0.05) is 32.4 Å². The third kappa shape index (κ3) is 5.19. The van der Waals surface area contributed by atoms with Gasteiger partial charge in [0.25, 0.3) is 0 Å². The highest BCUT2D eigenvalue weighted by molar-refractivity contribution is 9.10. The minimum absolute atomic E-state index is 0.159. The van der Waals surface area contributed by atoms with Gasteiger partial charge in [-0.05, 0) is 41.2 Å². The predicted octanol–water partition coefficient (Wildman–Crippen LogP) is 4.14. The van der Waals surface area contributed by atoms with E-state index in [1.165, 1.54) is 0 Å². The molecule has 0 spiro atoms. The van der Waals surface area contributed by atoms with E-state index < -0.39 is 0 Å². The largest absolute Gasteiger partial charge is 0.467 e. The van der Waals surface area contributed by atoms with Crippen LogP contribution < -0.4 is 9.47 Å². The topological polar surface area (TPSA) is 40.2 Å². The van der Waals surface area contributed by atoms with Crippen LogP contribution in [0.3, 0.4) is 0 Å². The molecule has 0 aromatic heterocycles. The van der Waals surface area contributed by atoms with Crippen molar-refractivity contribution in [3.8, 4) is 22.6 Å². The number of nitrogens with zero attached hydrogens (tertiary/aromatic N) is 1. The van der Waals surface area contributed by atoms with E-state index in [-0.39, 0.29) is 13.6 Å². The lowest BCUT2D eigenvalue weighted by Crippen LogP contribution is -2.14. The summed E-state index contributed by atoms with van der Waals surface area (Å²) in [6.45, 7) is 1.04. The summed E-state index contributed by atoms with van der Waals surface area (Å²) >= 11 is 3.70. The third-order valence-corrected chi connectivity index (χ3v) is 4.36. The first-order valence-electron chi connectivity index (χ1n) is 7.87. The molecule has 0 aliphatic heterocycles. The Labute approximate surface area is 157 Å². The summed E-state index contributed by atoms with van der Waals surface area (Å²) in [7, 11) is 7.25. The number of halogens is 1. The molecule has 0 saturated heterocycles. The Morgan fingerprint density at radius 3 is 2.08 bits per heavy atom. The lowest BCUT2D eigenvalue weighted by molar-refractivity contribution is 0.0458. The van der Waals surface area contributed by atoms with Gasteiger partial charge in [-0.2, -0.15) is 0 Å². The van der Waals surface area contributed by atoms with Gasteiger partial charge in [0.05, 0.1) is 4.47 Å². The molecule has 0 fully saturated rings. The second-order valence-electron chi connectivity index (χ2n) is 5.75. The fourth-order valence-corrected chi connectivity index (χ4v) is 3.06. The molecule has 0 atom stereocenters. The molecule has 0 radical (unpaired) electrons. The Bertz CT molecular complexity index is 677. The van der Waals surface area contributed by atoms with Gasteiger partial charge in [0.15, 0.2) is 13.6 Å². The minimum atomic E-state index is 0.159. The molecule has 136 valence electrons. The van der Waals surface area contributed by atoms with Gasteiger partial charge in [-0.25, -0.2) is 0 Å². The van der Waals surface area contributed by atoms with Crippen molar-refractivity contribution < 1.29 is 18.9 Å². The maximum Gasteiger partial charge on any atom is 0.188 e. The zero-order valence-corrected chi connectivity index (χ0v) is 16.6. The highest BCUT2D eigenvalue weighted by Gasteiger charge is 2.20. The Morgan fingerprint density at radius 1 is 0.920 bits per heavy atom. The maximum absolute atomic E-state index is 5.86. The average Bonchev–Trinajstić information content (AvgIpc) is 2.61. The number of rotatable bonds is 9. The molecule has 5 nitrogen and oxygen atoms in total. The molecule has 2 aromatic rings. The van der Waals surface area contributed by atoms with Crippen molar-refractivity contribution in [3.05, 3.63) is 46.4 Å². The molecule has 2 rings (SSSR count). The predicted molar refractivity (Wildman–Crippen MR) is 102 cm³/mol. The van der Waals surface area contributed by atoms with Gasteiger partial charge in [-0.15, -0.1) is 0 Å². The Morgan fingerprint density at radius 2 is 1.52 bits per heavy atom. The summed E-state index contributed by atoms with van der Waals surface area (Å²) in [5.41, 5.74) is 3.17. The summed E-state index contributed by atoms with van der Waals surface area (Å²) in [4.78, 5) is 2.10. The van der Waals surface area contributed by atoms with Crippen LogP contribution in [0, 0.1) is 0 Å². The van der Waals surface area contributed by atoms with Crippen molar-refractivity contribution in [2.24, 2.45) is 0 Å². The molecule has 0 N–H and O–H groups in total. The van der Waals surface area contributed by atoms with Crippen molar-refractivity contribution in [2.75, 3.05) is 41.9 Å². The molecule has 6 heteroatoms. The van der Waals surface area contributed by atoms with E-state index in [0.29, 0.717) is 11.5 Å². The van der Waals surface area contributed by atoms with Crippen molar-refractivity contribution in [2.45, 2.75) is 6.54 Å². The van der Waals surface area contributed by atoms with E-state index in [2.05, 4.69) is 33.0 Å². The van der Waals surface area contributed by atoms with E-state index in [9.17, 15) is 0 Å². The van der Waals surface area contributed by atoms with E-state index in [1.54, 1.807) is 14.2 Å². The van der Waals surface area contributed by atoms with E-state index in [1.807, 2.05) is 38.4 Å². The Hall–Kier alpha value is -1.60. The molecule has 2 aromatic carbocycles. The summed E-state index contributed by atoms with van der Waals surface area (Å²) in [5.74, 6) is 1.38. The number of methoxy groups -OCH3 is 2. The zero-order valence-electron chi connectivity index (χ0n) is 15.0. The first kappa shape index (κ1) is 19.7. The monoisotopic (exact) mass is 409 g/mol. The van der Waals surface area contributed by atoms with Crippen LogP contribution in [-0.4, -0.2) is 46.8 Å². The Balaban J connectivity index is 2.64. The maximum atomic E-state index is 5.86. The second kappa shape index (κ2) is 9.77. The van der Waals surface area contributed by atoms with E-state index in [4.69, 9.17) is 18.9 Å².